The zero-order valence-corrected chi connectivity index (χ0v) is 32.7. The van der Waals surface area contributed by atoms with E-state index in [4.69, 9.17) is 24.2 Å². The number of unbranched alkanes of at least 4 members (excludes halogenated alkanes) is 2. The SMILES string of the molecule is C=CCO[C@@]12Oc3ccc(Oc4cccc(C=O)c4)cc3[C@H]3[C@H](CCCCO)[C@@H](CCCCO)C=C(C(=NOCC)C[C@@H]1N(C)C(=O)CCC1CCCC1)[C@H]32. The van der Waals surface area contributed by atoms with Crippen LogP contribution in [0, 0.1) is 23.7 Å². The quantitative estimate of drug-likeness (QED) is 0.0598. The third-order valence-corrected chi connectivity index (χ3v) is 12.3. The molecule has 0 aromatic heterocycles. The molecule has 10 nitrogen and oxygen atoms in total. The first-order chi connectivity index (χ1) is 26.9. The predicted octanol–water partition coefficient (Wildman–Crippen LogP) is 8.37. The molecule has 0 spiro atoms. The van der Waals surface area contributed by atoms with Crippen molar-refractivity contribution in [2.45, 2.75) is 108 Å². The summed E-state index contributed by atoms with van der Waals surface area (Å²) in [6, 6.07) is 12.4. The van der Waals surface area contributed by atoms with Crippen molar-refractivity contribution in [2.75, 3.05) is 33.5 Å². The smallest absolute Gasteiger partial charge is 0.239 e. The maximum atomic E-state index is 14.2. The molecular formula is C45H60N2O8. The number of rotatable bonds is 20. The van der Waals surface area contributed by atoms with Crippen LogP contribution < -0.4 is 9.47 Å². The number of allylic oxidation sites excluding steroid dienone is 1. The number of amides is 1. The van der Waals surface area contributed by atoms with Crippen LogP contribution in [0.1, 0.15) is 112 Å². The molecule has 2 saturated carbocycles. The maximum Gasteiger partial charge on any atom is 0.239 e. The number of hydrogen-bond acceptors (Lipinski definition) is 9. The van der Waals surface area contributed by atoms with Crippen LogP contribution in [-0.4, -0.2) is 78.3 Å². The fourth-order valence-electron chi connectivity index (χ4n) is 9.70. The molecule has 0 saturated heterocycles. The molecule has 0 bridgehead atoms. The highest BCUT2D eigenvalue weighted by Crippen LogP contribution is 2.62. The Labute approximate surface area is 326 Å². The summed E-state index contributed by atoms with van der Waals surface area (Å²) in [6.07, 6.45) is 16.2. The number of carbonyl (C=O) groups is 2. The van der Waals surface area contributed by atoms with Gasteiger partial charge in [-0.1, -0.05) is 68.0 Å². The lowest BCUT2D eigenvalue weighted by Gasteiger charge is -2.59. The molecule has 55 heavy (non-hydrogen) atoms. The van der Waals surface area contributed by atoms with Crippen LogP contribution in [0.4, 0.5) is 0 Å². The number of carbonyl (C=O) groups excluding carboxylic acids is 2. The molecule has 6 atom stereocenters. The Balaban J connectivity index is 1.51. The third-order valence-electron chi connectivity index (χ3n) is 12.3. The maximum absolute atomic E-state index is 14.2. The van der Waals surface area contributed by atoms with Crippen molar-refractivity contribution in [2.24, 2.45) is 28.8 Å². The topological polar surface area (TPSA) is 127 Å². The standard InChI is InChI=1S/C45H60N2O8/c1-4-25-52-45-41(47(3)42(51)22-19-31-13-6-7-14-31)29-39(46-53-5-2)37-27-33(16-8-10-23-48)36(18-9-11-24-49)43(44(37)45)38-28-35(20-21-40(38)55-45)54-34-17-12-15-32(26-34)30-50/h4,12,15,17,20-21,26-28,30-31,33,36,41,43-44,48-49H,1,5-11,13-14,16,18-19,22-25,29H2,2-3H3/t33-,36+,41-,43+,44+,45+/m0/s1. The summed E-state index contributed by atoms with van der Waals surface area (Å²) in [6.45, 7) is 6.79. The van der Waals surface area contributed by atoms with Gasteiger partial charge in [0.15, 0.2) is 0 Å². The molecule has 1 amide bonds. The summed E-state index contributed by atoms with van der Waals surface area (Å²) in [7, 11) is 1.88. The van der Waals surface area contributed by atoms with Crippen LogP contribution in [-0.2, 0) is 14.4 Å². The molecule has 3 aliphatic carbocycles. The lowest BCUT2D eigenvalue weighted by atomic mass is 9.55. The number of aliphatic hydroxyl groups is 2. The Hall–Kier alpha value is -3.99. The molecule has 2 aromatic rings. The molecule has 2 N–H and O–H groups in total. The van der Waals surface area contributed by atoms with Crippen molar-refractivity contribution in [1.82, 2.24) is 4.90 Å². The number of hydrogen-bond donors (Lipinski definition) is 2. The minimum Gasteiger partial charge on any atom is -0.459 e. The lowest BCUT2D eigenvalue weighted by Crippen LogP contribution is -2.69. The van der Waals surface area contributed by atoms with Gasteiger partial charge in [-0.15, -0.1) is 6.58 Å². The molecule has 4 aliphatic rings. The number of aldehydes is 1. The zero-order valence-electron chi connectivity index (χ0n) is 32.7. The number of ether oxygens (including phenoxy) is 3. The van der Waals surface area contributed by atoms with Gasteiger partial charge in [-0.2, -0.15) is 0 Å². The fourth-order valence-corrected chi connectivity index (χ4v) is 9.70. The van der Waals surface area contributed by atoms with Crippen LogP contribution in [0.15, 0.2) is 71.9 Å². The van der Waals surface area contributed by atoms with Crippen LogP contribution >= 0.6 is 0 Å². The Morgan fingerprint density at radius 1 is 1.04 bits per heavy atom. The number of fused-ring (bicyclic) bond motifs is 2. The van der Waals surface area contributed by atoms with E-state index in [0.29, 0.717) is 61.0 Å². The van der Waals surface area contributed by atoms with E-state index in [2.05, 4.69) is 18.7 Å². The lowest BCUT2D eigenvalue weighted by molar-refractivity contribution is -0.255. The van der Waals surface area contributed by atoms with Gasteiger partial charge in [0.1, 0.15) is 36.2 Å². The van der Waals surface area contributed by atoms with Gasteiger partial charge in [-0.25, -0.2) is 0 Å². The van der Waals surface area contributed by atoms with Crippen molar-refractivity contribution in [1.29, 1.82) is 0 Å². The molecular weight excluding hydrogens is 697 g/mol. The summed E-state index contributed by atoms with van der Waals surface area (Å²) < 4.78 is 20.6. The second kappa shape index (κ2) is 19.2. The summed E-state index contributed by atoms with van der Waals surface area (Å²) in [4.78, 5) is 33.5. The summed E-state index contributed by atoms with van der Waals surface area (Å²) in [5, 5.41) is 24.4. The number of benzene rings is 2. The monoisotopic (exact) mass is 756 g/mol. The Bertz CT molecular complexity index is 1680. The van der Waals surface area contributed by atoms with Gasteiger partial charge in [0, 0.05) is 50.1 Å². The molecule has 1 aliphatic heterocycles. The minimum absolute atomic E-state index is 0.0612. The first-order valence-corrected chi connectivity index (χ1v) is 20.6. The molecule has 298 valence electrons. The van der Waals surface area contributed by atoms with E-state index < -0.39 is 11.8 Å². The molecule has 2 aromatic carbocycles. The summed E-state index contributed by atoms with van der Waals surface area (Å²) in [5.41, 5.74) is 3.30. The highest BCUT2D eigenvalue weighted by Gasteiger charge is 2.65. The van der Waals surface area contributed by atoms with Crippen LogP contribution in [0.25, 0.3) is 0 Å². The van der Waals surface area contributed by atoms with Crippen LogP contribution in [0.2, 0.25) is 0 Å². The summed E-state index contributed by atoms with van der Waals surface area (Å²) >= 11 is 0. The van der Waals surface area contributed by atoms with E-state index in [0.717, 1.165) is 55.2 Å². The van der Waals surface area contributed by atoms with Gasteiger partial charge in [0.05, 0.1) is 18.2 Å². The van der Waals surface area contributed by atoms with E-state index in [9.17, 15) is 19.8 Å². The largest absolute Gasteiger partial charge is 0.459 e. The summed E-state index contributed by atoms with van der Waals surface area (Å²) in [5.74, 6) is 0.934. The fraction of sp³-hybridized carbons (Fsp3) is 0.578. The van der Waals surface area contributed by atoms with E-state index in [1.807, 2.05) is 37.1 Å². The van der Waals surface area contributed by atoms with Crippen molar-refractivity contribution in [3.8, 4) is 17.2 Å². The molecule has 0 radical (unpaired) electrons. The molecule has 2 fully saturated rings. The van der Waals surface area contributed by atoms with Gasteiger partial charge < -0.3 is 34.2 Å². The van der Waals surface area contributed by atoms with E-state index in [1.165, 1.54) is 25.7 Å². The highest BCUT2D eigenvalue weighted by molar-refractivity contribution is 6.03. The normalized spacial score (nSPS) is 26.4. The van der Waals surface area contributed by atoms with Crippen molar-refractivity contribution in [3.05, 3.63) is 77.9 Å². The molecule has 10 heteroatoms. The minimum atomic E-state index is -1.27. The first-order valence-electron chi connectivity index (χ1n) is 20.6. The third kappa shape index (κ3) is 9.03. The first kappa shape index (κ1) is 40.7. The van der Waals surface area contributed by atoms with Gasteiger partial charge in [0.25, 0.3) is 0 Å². The zero-order chi connectivity index (χ0) is 38.8. The van der Waals surface area contributed by atoms with E-state index in [-0.39, 0.29) is 49.4 Å². The Morgan fingerprint density at radius 2 is 1.80 bits per heavy atom. The van der Waals surface area contributed by atoms with Gasteiger partial charge in [0.2, 0.25) is 11.7 Å². The van der Waals surface area contributed by atoms with E-state index in [1.54, 1.807) is 24.3 Å². The number of aliphatic hydroxyl groups excluding tert-OH is 2. The number of oxime groups is 1. The Kier molecular flexibility index (Phi) is 14.2. The van der Waals surface area contributed by atoms with Gasteiger partial charge in [-0.05, 0) is 92.7 Å². The average Bonchev–Trinajstić information content (AvgIpc) is 3.73. The van der Waals surface area contributed by atoms with Crippen molar-refractivity contribution in [3.63, 3.8) is 0 Å². The van der Waals surface area contributed by atoms with Gasteiger partial charge >= 0.3 is 0 Å². The highest BCUT2D eigenvalue weighted by atomic mass is 16.7. The van der Waals surface area contributed by atoms with Crippen LogP contribution in [0.3, 0.4) is 0 Å². The molecule has 0 unspecified atom stereocenters. The van der Waals surface area contributed by atoms with E-state index >= 15 is 0 Å². The second-order valence-electron chi connectivity index (χ2n) is 15.7. The van der Waals surface area contributed by atoms with Crippen molar-refractivity contribution >= 4 is 17.9 Å². The molecule has 6 rings (SSSR count). The molecule has 1 heterocycles. The number of likely N-dealkylation sites (N-methyl/N-ethyl adjacent to an activating group) is 1. The predicted molar refractivity (Wildman–Crippen MR) is 212 cm³/mol. The number of nitrogens with zero attached hydrogens (tertiary/aromatic N) is 2. The van der Waals surface area contributed by atoms with Crippen LogP contribution in [0.5, 0.6) is 17.2 Å². The second-order valence-corrected chi connectivity index (χ2v) is 15.7. The van der Waals surface area contributed by atoms with Crippen molar-refractivity contribution < 1.29 is 38.9 Å². The van der Waals surface area contributed by atoms with Gasteiger partial charge in [-0.3, -0.25) is 9.59 Å². The average molecular weight is 757 g/mol. The Morgan fingerprint density at radius 3 is 2.53 bits per heavy atom.